The molecule has 1 aliphatic rings. The van der Waals surface area contributed by atoms with Crippen LogP contribution in [-0.4, -0.2) is 64.9 Å². The number of hydrogen-bond acceptors (Lipinski definition) is 6. The van der Waals surface area contributed by atoms with E-state index in [2.05, 4.69) is 5.32 Å². The molecule has 1 N–H and O–H groups in total. The number of rotatable bonds is 9. The third-order valence-corrected chi connectivity index (χ3v) is 8.12. The second kappa shape index (κ2) is 9.82. The summed E-state index contributed by atoms with van der Waals surface area (Å²) in [6.07, 6.45) is 2.21. The van der Waals surface area contributed by atoms with Crippen molar-refractivity contribution in [3.05, 3.63) is 23.8 Å². The summed E-state index contributed by atoms with van der Waals surface area (Å²) in [5, 5.41) is 2.51. The van der Waals surface area contributed by atoms with E-state index < -0.39 is 31.5 Å². The Bertz CT molecular complexity index is 891. The van der Waals surface area contributed by atoms with Crippen molar-refractivity contribution in [2.24, 2.45) is 0 Å². The fraction of sp³-hybridized carbons (Fsp3) is 0.611. The van der Waals surface area contributed by atoms with Crippen LogP contribution in [0.15, 0.2) is 23.1 Å². The van der Waals surface area contributed by atoms with Gasteiger partial charge in [-0.15, -0.1) is 0 Å². The summed E-state index contributed by atoms with van der Waals surface area (Å²) < 4.78 is 56.4. The maximum Gasteiger partial charge on any atom is 0.243 e. The molecule has 0 bridgehead atoms. The van der Waals surface area contributed by atoms with Crippen molar-refractivity contribution in [3.8, 4) is 0 Å². The van der Waals surface area contributed by atoms with Gasteiger partial charge in [-0.25, -0.2) is 16.8 Å². The number of anilines is 1. The van der Waals surface area contributed by atoms with Gasteiger partial charge in [0.1, 0.15) is 5.75 Å². The minimum absolute atomic E-state index is 0.0290. The van der Waals surface area contributed by atoms with E-state index in [4.69, 9.17) is 4.74 Å². The van der Waals surface area contributed by atoms with Gasteiger partial charge in [0.2, 0.25) is 15.9 Å². The highest BCUT2D eigenvalue weighted by atomic mass is 32.2. The van der Waals surface area contributed by atoms with Crippen molar-refractivity contribution in [2.75, 3.05) is 43.1 Å². The number of nitrogens with one attached hydrogen (secondary N) is 1. The Morgan fingerprint density at radius 2 is 1.82 bits per heavy atom. The van der Waals surface area contributed by atoms with E-state index in [0.717, 1.165) is 12.8 Å². The van der Waals surface area contributed by atoms with E-state index in [0.29, 0.717) is 25.2 Å². The standard InChI is InChI=1S/C18H28N2O6S2/c1-3-4-5-12-27(22,23)14-18(21)19-16-7-6-15(2)17(13-16)28(24,25)20-8-10-26-11-9-20/h6-7,13H,3-5,8-12,14H2,1-2H3,(H,19,21). The molecule has 1 amide bonds. The molecule has 0 aliphatic carbocycles. The van der Waals surface area contributed by atoms with Crippen molar-refractivity contribution in [1.29, 1.82) is 0 Å². The normalized spacial score (nSPS) is 16.1. The van der Waals surface area contributed by atoms with E-state index in [1.54, 1.807) is 19.1 Å². The number of nitrogens with zero attached hydrogens (tertiary/aromatic N) is 1. The first-order valence-electron chi connectivity index (χ1n) is 9.34. The number of morpholine rings is 1. The van der Waals surface area contributed by atoms with Gasteiger partial charge in [0, 0.05) is 18.8 Å². The Morgan fingerprint density at radius 3 is 2.46 bits per heavy atom. The largest absolute Gasteiger partial charge is 0.379 e. The smallest absolute Gasteiger partial charge is 0.243 e. The third-order valence-electron chi connectivity index (χ3n) is 4.47. The predicted octanol–water partition coefficient (Wildman–Crippen LogP) is 1.56. The van der Waals surface area contributed by atoms with Gasteiger partial charge < -0.3 is 10.1 Å². The van der Waals surface area contributed by atoms with Crippen LogP contribution in [0.3, 0.4) is 0 Å². The first kappa shape index (κ1) is 22.8. The van der Waals surface area contributed by atoms with E-state index in [1.807, 2.05) is 6.92 Å². The highest BCUT2D eigenvalue weighted by molar-refractivity contribution is 7.92. The molecule has 0 saturated carbocycles. The number of unbranched alkanes of at least 4 members (excludes halogenated alkanes) is 2. The van der Waals surface area contributed by atoms with Crippen LogP contribution in [0.1, 0.15) is 31.7 Å². The molecule has 0 atom stereocenters. The summed E-state index contributed by atoms with van der Waals surface area (Å²) >= 11 is 0. The molecule has 1 aliphatic heterocycles. The molecule has 1 aromatic rings. The fourth-order valence-corrected chi connectivity index (χ4v) is 5.84. The second-order valence-corrected chi connectivity index (χ2v) is 10.9. The molecular weight excluding hydrogens is 404 g/mol. The minimum Gasteiger partial charge on any atom is -0.379 e. The van der Waals surface area contributed by atoms with Gasteiger partial charge >= 0.3 is 0 Å². The average Bonchev–Trinajstić information content (AvgIpc) is 2.63. The van der Waals surface area contributed by atoms with Crippen LogP contribution in [-0.2, 0) is 29.4 Å². The van der Waals surface area contributed by atoms with Crippen molar-refractivity contribution < 1.29 is 26.4 Å². The fourth-order valence-electron chi connectivity index (χ4n) is 2.92. The Kier molecular flexibility index (Phi) is 7.99. The van der Waals surface area contributed by atoms with Crippen LogP contribution in [0.25, 0.3) is 0 Å². The number of aryl methyl sites for hydroxylation is 1. The number of sulfone groups is 1. The first-order valence-corrected chi connectivity index (χ1v) is 12.6. The van der Waals surface area contributed by atoms with Crippen LogP contribution in [0.2, 0.25) is 0 Å². The molecule has 0 aromatic heterocycles. The highest BCUT2D eigenvalue weighted by Gasteiger charge is 2.28. The van der Waals surface area contributed by atoms with Crippen molar-refractivity contribution in [2.45, 2.75) is 38.0 Å². The monoisotopic (exact) mass is 432 g/mol. The molecule has 2 rings (SSSR count). The molecule has 0 radical (unpaired) electrons. The van der Waals surface area contributed by atoms with Crippen LogP contribution in [0.4, 0.5) is 5.69 Å². The van der Waals surface area contributed by atoms with E-state index in [-0.39, 0.29) is 29.4 Å². The zero-order valence-electron chi connectivity index (χ0n) is 16.3. The number of carbonyl (C=O) groups is 1. The summed E-state index contributed by atoms with van der Waals surface area (Å²) in [4.78, 5) is 12.2. The highest BCUT2D eigenvalue weighted by Crippen LogP contribution is 2.24. The Labute approximate surface area is 167 Å². The van der Waals surface area contributed by atoms with E-state index in [9.17, 15) is 21.6 Å². The lowest BCUT2D eigenvalue weighted by Crippen LogP contribution is -2.40. The third kappa shape index (κ3) is 6.26. The predicted molar refractivity (Wildman–Crippen MR) is 108 cm³/mol. The van der Waals surface area contributed by atoms with Gasteiger partial charge in [0.15, 0.2) is 9.84 Å². The molecule has 158 valence electrons. The van der Waals surface area contributed by atoms with Crippen LogP contribution >= 0.6 is 0 Å². The van der Waals surface area contributed by atoms with Crippen molar-refractivity contribution >= 4 is 31.5 Å². The summed E-state index contributed by atoms with van der Waals surface area (Å²) in [6.45, 7) is 4.87. The number of hydrogen-bond donors (Lipinski definition) is 1. The van der Waals surface area contributed by atoms with Gasteiger partial charge in [-0.1, -0.05) is 25.8 Å². The summed E-state index contributed by atoms with van der Waals surface area (Å²) in [6, 6.07) is 4.54. The molecule has 0 spiro atoms. The first-order chi connectivity index (χ1) is 13.2. The lowest BCUT2D eigenvalue weighted by Gasteiger charge is -2.26. The Hall–Kier alpha value is -1.49. The quantitative estimate of drug-likeness (QED) is 0.593. The Balaban J connectivity index is 2.11. The van der Waals surface area contributed by atoms with E-state index in [1.165, 1.54) is 10.4 Å². The van der Waals surface area contributed by atoms with Gasteiger partial charge in [-0.3, -0.25) is 4.79 Å². The molecular formula is C18H28N2O6S2. The van der Waals surface area contributed by atoms with Crippen LogP contribution < -0.4 is 5.32 Å². The molecule has 0 unspecified atom stereocenters. The molecule has 1 saturated heterocycles. The number of carbonyl (C=O) groups excluding carboxylic acids is 1. The second-order valence-electron chi connectivity index (χ2n) is 6.84. The maximum absolute atomic E-state index is 12.9. The minimum atomic E-state index is -3.72. The lowest BCUT2D eigenvalue weighted by atomic mass is 10.2. The summed E-state index contributed by atoms with van der Waals surface area (Å²) in [7, 11) is -7.21. The molecule has 1 aromatic carbocycles. The molecule has 8 nitrogen and oxygen atoms in total. The molecule has 1 fully saturated rings. The number of amides is 1. The number of sulfonamides is 1. The zero-order chi connectivity index (χ0) is 20.8. The average molecular weight is 433 g/mol. The summed E-state index contributed by atoms with van der Waals surface area (Å²) in [5.41, 5.74) is 0.808. The van der Waals surface area contributed by atoms with Crippen LogP contribution in [0.5, 0.6) is 0 Å². The van der Waals surface area contributed by atoms with Crippen LogP contribution in [0, 0.1) is 6.92 Å². The van der Waals surface area contributed by atoms with Gasteiger partial charge in [-0.05, 0) is 31.0 Å². The van der Waals surface area contributed by atoms with Gasteiger partial charge in [0.05, 0.1) is 23.9 Å². The topological polar surface area (TPSA) is 110 Å². The van der Waals surface area contributed by atoms with E-state index >= 15 is 0 Å². The lowest BCUT2D eigenvalue weighted by molar-refractivity contribution is -0.113. The zero-order valence-corrected chi connectivity index (χ0v) is 17.9. The maximum atomic E-state index is 12.9. The SMILES string of the molecule is CCCCCS(=O)(=O)CC(=O)Nc1ccc(C)c(S(=O)(=O)N2CCOCC2)c1. The molecule has 28 heavy (non-hydrogen) atoms. The number of ether oxygens (including phenoxy) is 1. The van der Waals surface area contributed by atoms with Gasteiger partial charge in [-0.2, -0.15) is 4.31 Å². The molecule has 10 heteroatoms. The summed E-state index contributed by atoms with van der Waals surface area (Å²) in [5.74, 6) is -1.32. The Morgan fingerprint density at radius 1 is 1.14 bits per heavy atom. The van der Waals surface area contributed by atoms with Crippen molar-refractivity contribution in [1.82, 2.24) is 4.31 Å². The van der Waals surface area contributed by atoms with Gasteiger partial charge in [0.25, 0.3) is 0 Å². The van der Waals surface area contributed by atoms with Crippen molar-refractivity contribution in [3.63, 3.8) is 0 Å². The molecule has 1 heterocycles. The number of benzene rings is 1.